The largest absolute Gasteiger partial charge is 0.358 e. The molecule has 1 aliphatic carbocycles. The van der Waals surface area contributed by atoms with Crippen molar-refractivity contribution in [2.24, 2.45) is 0 Å². The van der Waals surface area contributed by atoms with Crippen LogP contribution in [0.2, 0.25) is 0 Å². The Morgan fingerprint density at radius 2 is 1.84 bits per heavy atom. The maximum absolute atomic E-state index is 3.76. The van der Waals surface area contributed by atoms with Gasteiger partial charge in [0.15, 0.2) is 0 Å². The number of hydrogen-bond acceptors (Lipinski definition) is 1. The zero-order valence-electron chi connectivity index (χ0n) is 16.1. The molecule has 4 rings (SSSR count). The summed E-state index contributed by atoms with van der Waals surface area (Å²) in [4.78, 5) is 6.63. The van der Waals surface area contributed by atoms with E-state index in [1.54, 1.807) is 0 Å². The summed E-state index contributed by atoms with van der Waals surface area (Å²) in [6.07, 6.45) is 12.5. The lowest BCUT2D eigenvalue weighted by atomic mass is 9.71. The summed E-state index contributed by atoms with van der Waals surface area (Å²) < 4.78 is 0. The molecule has 1 saturated carbocycles. The van der Waals surface area contributed by atoms with Gasteiger partial charge in [0, 0.05) is 22.1 Å². The first kappa shape index (κ1) is 17.1. The fourth-order valence-electron chi connectivity index (χ4n) is 5.58. The number of unbranched alkanes of at least 4 members (excludes halogenated alkanes) is 1. The van der Waals surface area contributed by atoms with Gasteiger partial charge in [-0.05, 0) is 82.5 Å². The van der Waals surface area contributed by atoms with Crippen LogP contribution < -0.4 is 0 Å². The van der Waals surface area contributed by atoms with Crippen LogP contribution in [0, 0.1) is 6.92 Å². The number of nitrogens with one attached hydrogen (secondary N) is 1. The summed E-state index contributed by atoms with van der Waals surface area (Å²) in [6.45, 7) is 7.35. The fraction of sp³-hybridized carbons (Fsp3) is 0.652. The standard InChI is InChI=1S/C23H34N2/c1-3-4-13-23(25-16-7-8-17-25)14-11-19(12-15-23)22-18(2)20-9-5-6-10-21(20)24-22/h5-6,9-10,19,24H,3-4,7-8,11-17H2,1-2H3. The molecule has 1 aromatic heterocycles. The van der Waals surface area contributed by atoms with Crippen molar-refractivity contribution in [3.8, 4) is 0 Å². The molecule has 1 aliphatic heterocycles. The third-order valence-corrected chi connectivity index (χ3v) is 7.10. The second-order valence-corrected chi connectivity index (χ2v) is 8.51. The van der Waals surface area contributed by atoms with Crippen molar-refractivity contribution in [3.05, 3.63) is 35.5 Å². The number of aryl methyl sites for hydroxylation is 1. The van der Waals surface area contributed by atoms with E-state index in [0.717, 1.165) is 5.92 Å². The van der Waals surface area contributed by atoms with E-state index < -0.39 is 0 Å². The molecule has 2 heteroatoms. The minimum absolute atomic E-state index is 0.517. The number of benzene rings is 1. The molecule has 2 fully saturated rings. The molecule has 2 heterocycles. The molecule has 1 N–H and O–H groups in total. The smallest absolute Gasteiger partial charge is 0.0458 e. The van der Waals surface area contributed by atoms with E-state index in [2.05, 4.69) is 48.0 Å². The first-order valence-electron chi connectivity index (χ1n) is 10.6. The van der Waals surface area contributed by atoms with Crippen molar-refractivity contribution in [1.29, 1.82) is 0 Å². The zero-order valence-corrected chi connectivity index (χ0v) is 16.1. The Kier molecular flexibility index (Phi) is 4.90. The third kappa shape index (κ3) is 3.14. The van der Waals surface area contributed by atoms with E-state index in [1.165, 1.54) is 93.0 Å². The molecule has 0 radical (unpaired) electrons. The van der Waals surface area contributed by atoms with Gasteiger partial charge in [0.25, 0.3) is 0 Å². The summed E-state index contributed by atoms with van der Waals surface area (Å²) in [6, 6.07) is 8.80. The Balaban J connectivity index is 1.53. The molecule has 2 nitrogen and oxygen atoms in total. The fourth-order valence-corrected chi connectivity index (χ4v) is 5.58. The van der Waals surface area contributed by atoms with Gasteiger partial charge in [-0.1, -0.05) is 38.0 Å². The molecule has 25 heavy (non-hydrogen) atoms. The molecule has 0 unspecified atom stereocenters. The highest BCUT2D eigenvalue weighted by Gasteiger charge is 2.41. The number of hydrogen-bond donors (Lipinski definition) is 1. The van der Waals surface area contributed by atoms with Gasteiger partial charge < -0.3 is 4.98 Å². The first-order chi connectivity index (χ1) is 12.2. The van der Waals surface area contributed by atoms with Crippen LogP contribution in [0.25, 0.3) is 10.9 Å². The number of fused-ring (bicyclic) bond motifs is 1. The molecule has 2 aromatic rings. The van der Waals surface area contributed by atoms with E-state index in [4.69, 9.17) is 0 Å². The molecule has 0 atom stereocenters. The number of H-pyrrole nitrogens is 1. The van der Waals surface area contributed by atoms with Crippen molar-refractivity contribution >= 4 is 10.9 Å². The molecule has 0 amide bonds. The Hall–Kier alpha value is -1.28. The predicted molar refractivity (Wildman–Crippen MR) is 107 cm³/mol. The number of rotatable bonds is 5. The summed E-state index contributed by atoms with van der Waals surface area (Å²) in [5.41, 5.74) is 4.84. The highest BCUT2D eigenvalue weighted by Crippen LogP contribution is 2.45. The summed E-state index contributed by atoms with van der Waals surface area (Å²) in [7, 11) is 0. The SMILES string of the molecule is CCCCC1(N2CCCC2)CCC(c2[nH]c3ccccc3c2C)CC1. The maximum Gasteiger partial charge on any atom is 0.0458 e. The van der Waals surface area contributed by atoms with Crippen molar-refractivity contribution < 1.29 is 0 Å². The van der Waals surface area contributed by atoms with Crippen molar-refractivity contribution in [1.82, 2.24) is 9.88 Å². The number of likely N-dealkylation sites (tertiary alicyclic amines) is 1. The monoisotopic (exact) mass is 338 g/mol. The van der Waals surface area contributed by atoms with Gasteiger partial charge in [0.05, 0.1) is 0 Å². The van der Waals surface area contributed by atoms with Crippen LogP contribution in [-0.2, 0) is 0 Å². The first-order valence-corrected chi connectivity index (χ1v) is 10.6. The van der Waals surface area contributed by atoms with E-state index >= 15 is 0 Å². The Bertz CT molecular complexity index is 700. The highest BCUT2D eigenvalue weighted by atomic mass is 15.2. The van der Waals surface area contributed by atoms with Gasteiger partial charge in [-0.2, -0.15) is 0 Å². The topological polar surface area (TPSA) is 19.0 Å². The Morgan fingerprint density at radius 1 is 1.12 bits per heavy atom. The molecule has 1 aromatic carbocycles. The van der Waals surface area contributed by atoms with Gasteiger partial charge >= 0.3 is 0 Å². The lowest BCUT2D eigenvalue weighted by Gasteiger charge is -2.47. The maximum atomic E-state index is 3.76. The van der Waals surface area contributed by atoms with Crippen molar-refractivity contribution in [2.45, 2.75) is 83.1 Å². The lowest BCUT2D eigenvalue weighted by molar-refractivity contribution is 0.0555. The van der Waals surface area contributed by atoms with Crippen LogP contribution >= 0.6 is 0 Å². The van der Waals surface area contributed by atoms with Gasteiger partial charge in [-0.15, -0.1) is 0 Å². The minimum atomic E-state index is 0.517. The summed E-state index contributed by atoms with van der Waals surface area (Å²) >= 11 is 0. The molecule has 0 bridgehead atoms. The van der Waals surface area contributed by atoms with Crippen molar-refractivity contribution in [2.75, 3.05) is 13.1 Å². The predicted octanol–water partition coefficient (Wildman–Crippen LogP) is 6.16. The highest BCUT2D eigenvalue weighted by molar-refractivity contribution is 5.84. The van der Waals surface area contributed by atoms with Gasteiger partial charge in [-0.25, -0.2) is 0 Å². The number of aromatic amines is 1. The van der Waals surface area contributed by atoms with E-state index in [1.807, 2.05) is 0 Å². The number of nitrogens with zero attached hydrogens (tertiary/aromatic N) is 1. The Morgan fingerprint density at radius 3 is 2.52 bits per heavy atom. The second kappa shape index (κ2) is 7.15. The van der Waals surface area contributed by atoms with Crippen LogP contribution in [0.1, 0.15) is 81.9 Å². The molecular formula is C23H34N2. The molecule has 136 valence electrons. The average molecular weight is 339 g/mol. The van der Waals surface area contributed by atoms with Gasteiger partial charge in [-0.3, -0.25) is 4.90 Å². The number of para-hydroxylation sites is 1. The van der Waals surface area contributed by atoms with E-state index in [9.17, 15) is 0 Å². The van der Waals surface area contributed by atoms with Gasteiger partial charge in [0.2, 0.25) is 0 Å². The Labute approximate surface area is 153 Å². The van der Waals surface area contributed by atoms with Gasteiger partial charge in [0.1, 0.15) is 0 Å². The molecule has 2 aliphatic rings. The van der Waals surface area contributed by atoms with E-state index in [0.29, 0.717) is 5.54 Å². The summed E-state index contributed by atoms with van der Waals surface area (Å²) in [5.74, 6) is 0.727. The normalized spacial score (nSPS) is 28.0. The van der Waals surface area contributed by atoms with Crippen LogP contribution in [0.3, 0.4) is 0 Å². The zero-order chi connectivity index (χ0) is 17.3. The molecular weight excluding hydrogens is 304 g/mol. The average Bonchev–Trinajstić information content (AvgIpc) is 3.30. The minimum Gasteiger partial charge on any atom is -0.358 e. The van der Waals surface area contributed by atoms with Crippen LogP contribution in [0.15, 0.2) is 24.3 Å². The molecule has 1 saturated heterocycles. The second-order valence-electron chi connectivity index (χ2n) is 8.51. The van der Waals surface area contributed by atoms with Crippen LogP contribution in [0.4, 0.5) is 0 Å². The summed E-state index contributed by atoms with van der Waals surface area (Å²) in [5, 5.41) is 1.42. The van der Waals surface area contributed by atoms with Crippen LogP contribution in [-0.4, -0.2) is 28.5 Å². The quantitative estimate of drug-likeness (QED) is 0.692. The van der Waals surface area contributed by atoms with Crippen molar-refractivity contribution in [3.63, 3.8) is 0 Å². The number of aromatic nitrogens is 1. The van der Waals surface area contributed by atoms with E-state index in [-0.39, 0.29) is 0 Å². The molecule has 0 spiro atoms. The third-order valence-electron chi connectivity index (χ3n) is 7.10. The van der Waals surface area contributed by atoms with Crippen LogP contribution in [0.5, 0.6) is 0 Å². The lowest BCUT2D eigenvalue weighted by Crippen LogP contribution is -2.49.